The number of aromatic nitrogens is 6. The zero-order valence-corrected chi connectivity index (χ0v) is 21.6. The molecule has 41 heavy (non-hydrogen) atoms. The van der Waals surface area contributed by atoms with Gasteiger partial charge in [-0.2, -0.15) is 18.3 Å². The van der Waals surface area contributed by atoms with E-state index in [2.05, 4.69) is 20.1 Å². The smallest absolute Gasteiger partial charge is 0.377 e. The van der Waals surface area contributed by atoms with Crippen LogP contribution in [0.2, 0.25) is 0 Å². The molecule has 2 saturated heterocycles. The highest BCUT2D eigenvalue weighted by Crippen LogP contribution is 2.31. The van der Waals surface area contributed by atoms with Gasteiger partial charge in [-0.15, -0.1) is 0 Å². The molecule has 14 heteroatoms. The molecule has 2 fully saturated rings. The Hall–Kier alpha value is -4.59. The molecule has 4 aromatic heterocycles. The molecular weight excluding hydrogens is 539 g/mol. The zero-order chi connectivity index (χ0) is 28.1. The van der Waals surface area contributed by atoms with Crippen LogP contribution in [0.5, 0.6) is 0 Å². The number of nitrogens with zero attached hydrogens (tertiary/aromatic N) is 9. The Labute approximate surface area is 231 Å². The van der Waals surface area contributed by atoms with Crippen LogP contribution >= 0.6 is 0 Å². The van der Waals surface area contributed by atoms with Gasteiger partial charge in [0, 0.05) is 44.4 Å². The largest absolute Gasteiger partial charge is 0.417 e. The average molecular weight is 564 g/mol. The molecule has 7 rings (SSSR count). The number of ether oxygens (including phenoxy) is 1. The van der Waals surface area contributed by atoms with Gasteiger partial charge in [0.1, 0.15) is 17.2 Å². The number of rotatable bonds is 5. The Bertz CT molecular complexity index is 1690. The minimum Gasteiger partial charge on any atom is -0.377 e. The summed E-state index contributed by atoms with van der Waals surface area (Å²) in [6.45, 7) is 3.10. The molecule has 1 atom stereocenters. The van der Waals surface area contributed by atoms with Crippen molar-refractivity contribution in [1.82, 2.24) is 34.0 Å². The maximum Gasteiger partial charge on any atom is 0.417 e. The lowest BCUT2D eigenvalue weighted by molar-refractivity contribution is -0.137. The number of fused-ring (bicyclic) bond motifs is 1. The van der Waals surface area contributed by atoms with Crippen LogP contribution in [-0.2, 0) is 10.9 Å². The standard InChI is InChI=1S/C27H24F3N9O2/c28-27(29,30)19-1-2-23-33-11-21(38(23)13-19)25-32-6-4-24(35-25)36-7-8-37(22(14-36)17-3-5-31-9-17)26(40)18-10-34-39(12-18)20-15-41-16-20/h1-4,6,9-13,20,22H,5,7-8,14-16H2. The molecule has 4 aromatic rings. The van der Waals surface area contributed by atoms with Gasteiger partial charge in [0.15, 0.2) is 5.82 Å². The highest BCUT2D eigenvalue weighted by atomic mass is 19.4. The Morgan fingerprint density at radius 3 is 2.68 bits per heavy atom. The number of halogens is 3. The van der Waals surface area contributed by atoms with E-state index in [-0.39, 0.29) is 23.8 Å². The van der Waals surface area contributed by atoms with Crippen molar-refractivity contribution in [1.29, 1.82) is 0 Å². The van der Waals surface area contributed by atoms with Crippen molar-refractivity contribution >= 4 is 23.6 Å². The van der Waals surface area contributed by atoms with Gasteiger partial charge >= 0.3 is 6.18 Å². The first kappa shape index (κ1) is 25.4. The molecule has 3 aliphatic rings. The number of pyridine rings is 1. The predicted molar refractivity (Wildman–Crippen MR) is 142 cm³/mol. The number of carbonyl (C=O) groups is 1. The van der Waals surface area contributed by atoms with E-state index in [0.29, 0.717) is 62.1 Å². The van der Waals surface area contributed by atoms with E-state index in [0.717, 1.165) is 17.8 Å². The second-order valence-electron chi connectivity index (χ2n) is 10.1. The van der Waals surface area contributed by atoms with E-state index in [1.807, 2.05) is 15.9 Å². The molecule has 3 aliphatic heterocycles. The summed E-state index contributed by atoms with van der Waals surface area (Å²) in [5, 5.41) is 4.37. The number of anilines is 1. The lowest BCUT2D eigenvalue weighted by Crippen LogP contribution is -2.56. The Morgan fingerprint density at radius 2 is 1.93 bits per heavy atom. The van der Waals surface area contributed by atoms with Crippen LogP contribution in [0.4, 0.5) is 19.0 Å². The summed E-state index contributed by atoms with van der Waals surface area (Å²) in [5.74, 6) is 0.734. The van der Waals surface area contributed by atoms with Gasteiger partial charge in [-0.05, 0) is 23.8 Å². The van der Waals surface area contributed by atoms with Crippen molar-refractivity contribution in [2.75, 3.05) is 44.3 Å². The number of hydrogen-bond acceptors (Lipinski definition) is 8. The summed E-state index contributed by atoms with van der Waals surface area (Å²) in [6, 6.07) is 3.94. The monoisotopic (exact) mass is 563 g/mol. The van der Waals surface area contributed by atoms with Crippen LogP contribution in [0.25, 0.3) is 17.2 Å². The van der Waals surface area contributed by atoms with Gasteiger partial charge in [0.05, 0.1) is 55.4 Å². The highest BCUT2D eigenvalue weighted by molar-refractivity contribution is 5.95. The number of carbonyl (C=O) groups excluding carboxylic acids is 1. The van der Waals surface area contributed by atoms with Gasteiger partial charge in [0.25, 0.3) is 5.91 Å². The van der Waals surface area contributed by atoms with Crippen LogP contribution in [-0.4, -0.2) is 91.6 Å². The molecule has 0 aromatic carbocycles. The summed E-state index contributed by atoms with van der Waals surface area (Å²) in [5.41, 5.74) is 1.37. The summed E-state index contributed by atoms with van der Waals surface area (Å²) in [6.07, 6.45) is 6.71. The first-order valence-electron chi connectivity index (χ1n) is 13.1. The Morgan fingerprint density at radius 1 is 1.05 bits per heavy atom. The molecule has 210 valence electrons. The molecule has 7 heterocycles. The molecule has 1 unspecified atom stereocenters. The van der Waals surface area contributed by atoms with Crippen molar-refractivity contribution in [3.05, 3.63) is 72.0 Å². The molecule has 1 amide bonds. The van der Waals surface area contributed by atoms with Crippen molar-refractivity contribution in [2.24, 2.45) is 4.99 Å². The first-order valence-corrected chi connectivity index (χ1v) is 13.1. The predicted octanol–water partition coefficient (Wildman–Crippen LogP) is 2.92. The maximum absolute atomic E-state index is 13.6. The first-order chi connectivity index (χ1) is 19.8. The number of aliphatic imine (C=N–C) groups is 1. The minimum atomic E-state index is -4.49. The summed E-state index contributed by atoms with van der Waals surface area (Å²) in [4.78, 5) is 35.1. The second-order valence-corrected chi connectivity index (χ2v) is 10.1. The van der Waals surface area contributed by atoms with E-state index in [9.17, 15) is 18.0 Å². The van der Waals surface area contributed by atoms with E-state index in [4.69, 9.17) is 9.72 Å². The lowest BCUT2D eigenvalue weighted by Gasteiger charge is -2.42. The zero-order valence-electron chi connectivity index (χ0n) is 21.6. The minimum absolute atomic E-state index is 0.114. The van der Waals surface area contributed by atoms with Crippen molar-refractivity contribution in [3.8, 4) is 11.5 Å². The number of amides is 1. The van der Waals surface area contributed by atoms with Crippen molar-refractivity contribution in [2.45, 2.75) is 18.3 Å². The molecule has 0 spiro atoms. The Kier molecular flexibility index (Phi) is 6.07. The highest BCUT2D eigenvalue weighted by Gasteiger charge is 2.35. The van der Waals surface area contributed by atoms with E-state index < -0.39 is 11.7 Å². The number of hydrogen-bond donors (Lipinski definition) is 0. The molecule has 0 bridgehead atoms. The Balaban J connectivity index is 1.16. The van der Waals surface area contributed by atoms with Crippen LogP contribution in [0, 0.1) is 0 Å². The third kappa shape index (κ3) is 4.63. The quantitative estimate of drug-likeness (QED) is 0.368. The molecule has 0 aliphatic carbocycles. The van der Waals surface area contributed by atoms with E-state index in [1.54, 1.807) is 35.6 Å². The van der Waals surface area contributed by atoms with E-state index in [1.165, 1.54) is 16.7 Å². The van der Waals surface area contributed by atoms with Crippen molar-refractivity contribution in [3.63, 3.8) is 0 Å². The van der Waals surface area contributed by atoms with Gasteiger partial charge in [0.2, 0.25) is 0 Å². The second kappa shape index (κ2) is 9.80. The molecule has 0 N–H and O–H groups in total. The summed E-state index contributed by atoms with van der Waals surface area (Å²) in [7, 11) is 0. The van der Waals surface area contributed by atoms with Gasteiger partial charge in [-0.3, -0.25) is 18.9 Å². The van der Waals surface area contributed by atoms with Gasteiger partial charge < -0.3 is 14.5 Å². The third-order valence-electron chi connectivity index (χ3n) is 7.57. The lowest BCUT2D eigenvalue weighted by atomic mass is 10.0. The van der Waals surface area contributed by atoms with Crippen LogP contribution in [0.15, 0.2) is 65.8 Å². The number of imidazole rings is 1. The number of alkyl halides is 3. The molecule has 0 saturated carbocycles. The molecular formula is C27H24F3N9O2. The molecule has 0 radical (unpaired) electrons. The van der Waals surface area contributed by atoms with Crippen molar-refractivity contribution < 1.29 is 22.7 Å². The number of piperazine rings is 1. The molecule has 11 nitrogen and oxygen atoms in total. The van der Waals surface area contributed by atoms with Gasteiger partial charge in [-0.25, -0.2) is 15.0 Å². The van der Waals surface area contributed by atoms with Crippen LogP contribution in [0.3, 0.4) is 0 Å². The van der Waals surface area contributed by atoms with Gasteiger partial charge in [-0.1, -0.05) is 6.08 Å². The van der Waals surface area contributed by atoms with Crippen LogP contribution < -0.4 is 4.90 Å². The summed E-state index contributed by atoms with van der Waals surface area (Å²) >= 11 is 0. The van der Waals surface area contributed by atoms with E-state index >= 15 is 0 Å². The normalized spacial score (nSPS) is 19.6. The topological polar surface area (TPSA) is 106 Å². The SMILES string of the molecule is O=C(c1cnn(C2COC2)c1)N1CCN(c2ccnc(-c3cnc4ccc(C(F)(F)F)cn34)n2)CC1C1=CCN=C1. The fourth-order valence-electron chi connectivity index (χ4n) is 5.26. The summed E-state index contributed by atoms with van der Waals surface area (Å²) < 4.78 is 48.4. The average Bonchev–Trinajstić information content (AvgIpc) is 3.72. The fourth-order valence-corrected chi connectivity index (χ4v) is 5.26. The fraction of sp³-hybridized carbons (Fsp3) is 0.333. The third-order valence-corrected chi connectivity index (χ3v) is 7.57. The maximum atomic E-state index is 13.6. The van der Waals surface area contributed by atoms with Crippen LogP contribution in [0.1, 0.15) is 22.0 Å².